The van der Waals surface area contributed by atoms with E-state index in [-0.39, 0.29) is 34.3 Å². The minimum absolute atomic E-state index is 0.0497. The summed E-state index contributed by atoms with van der Waals surface area (Å²) in [6, 6.07) is 2.89. The number of nitrogens with two attached hydrogens (primary N) is 4. The Labute approximate surface area is 580 Å². The first kappa shape index (κ1) is 77.2. The summed E-state index contributed by atoms with van der Waals surface area (Å²) in [5, 5.41) is 68.5. The number of aromatic nitrogens is 14. The van der Waals surface area contributed by atoms with Gasteiger partial charge in [0.15, 0.2) is 53.8 Å². The summed E-state index contributed by atoms with van der Waals surface area (Å²) in [6.07, 6.45) is -34.9. The number of imidazole rings is 2. The van der Waals surface area contributed by atoms with Crippen molar-refractivity contribution in [1.82, 2.24) is 67.7 Å². The van der Waals surface area contributed by atoms with E-state index in [9.17, 15) is 102 Å². The highest BCUT2D eigenvalue weighted by Gasteiger charge is 2.57. The van der Waals surface area contributed by atoms with E-state index >= 15 is 0 Å². The van der Waals surface area contributed by atoms with E-state index in [2.05, 4.69) is 44.4 Å². The maximum absolute atomic E-state index is 14.2. The van der Waals surface area contributed by atoms with E-state index in [1.807, 2.05) is 4.98 Å². The first-order chi connectivity index (χ1) is 49.5. The molecule has 5 aliphatic rings. The summed E-state index contributed by atoms with van der Waals surface area (Å²) in [7, 11) is -26.6. The molecule has 12 rings (SSSR count). The Morgan fingerprint density at radius 2 is 0.857 bits per heavy atom. The van der Waals surface area contributed by atoms with Crippen molar-refractivity contribution >= 4 is 85.3 Å². The van der Waals surface area contributed by atoms with Gasteiger partial charge in [-0.15, -0.1) is 9.42 Å². The number of rotatable bonds is 28. The fraction of sp³-hybridized carbons (Fsp3) is 0.532. The van der Waals surface area contributed by atoms with Crippen molar-refractivity contribution in [3.8, 4) is 0 Å². The molecule has 0 amide bonds. The summed E-state index contributed by atoms with van der Waals surface area (Å²) in [4.78, 5) is 149. The number of nitrogens with one attached hydrogen (secondary N) is 2. The molecule has 7 aromatic rings. The number of nitrogen functional groups attached to an aromatic ring is 4. The average Bonchev–Trinajstić information content (AvgIpc) is 1.65. The molecule has 572 valence electrons. The molecule has 21 N–H and O–H groups in total. The first-order valence-corrected chi connectivity index (χ1v) is 37.0. The van der Waals surface area contributed by atoms with Crippen LogP contribution >= 0.6 is 39.5 Å². The molecule has 7 aromatic heterocycles. The number of ether oxygens (including phenoxy) is 5. The zero-order chi connectivity index (χ0) is 75.7. The third kappa shape index (κ3) is 16.5. The maximum atomic E-state index is 14.2. The zero-order valence-corrected chi connectivity index (χ0v) is 56.9. The van der Waals surface area contributed by atoms with Gasteiger partial charge in [-0.05, 0) is 12.1 Å². The molecule has 0 spiro atoms. The molecule has 12 heterocycles. The Bertz CT molecular complexity index is 4930. The number of anilines is 4. The smallest absolute Gasteiger partial charge is 0.387 e. The molecule has 5 saturated heterocycles. The lowest BCUT2D eigenvalue weighted by molar-refractivity contribution is -0.0655. The van der Waals surface area contributed by atoms with Crippen molar-refractivity contribution < 1.29 is 142 Å². The van der Waals surface area contributed by atoms with Crippen molar-refractivity contribution in [2.45, 2.75) is 123 Å². The van der Waals surface area contributed by atoms with Crippen LogP contribution in [0.3, 0.4) is 0 Å². The van der Waals surface area contributed by atoms with E-state index < -0.39 is 235 Å². The molecule has 58 heteroatoms. The SMILES string of the molecule is Nc1ccn([C@@H]2O[C@H](CO[P+](=O)O)[C@@H](OP(=O)(O)OC[C@H]3O[C@@H](n4ccc(=O)[nH]c4=O)[C@H](O)[C@@H]3OP(=O)(O)OC[C@H]3O[C@@H](n4ccc(N)nc4=O)[C@H](O)[C@@H]3OP(=O)(O)OC[C@H]3O[C@@H](n4cnc5c(=O)[nH]c(N)nc54)[C@H](O)[C@@H]3OP(=O)(O)OC[C@H]3O[C@@H](n4cnc5c(N)ncnc54)[C@H](O)[C@@H]3O)[C@H]2O)c(=O)n1. The Morgan fingerprint density at radius 1 is 0.467 bits per heavy atom. The molecule has 5 unspecified atom stereocenters. The molecule has 53 nitrogen and oxygen atoms in total. The van der Waals surface area contributed by atoms with Gasteiger partial charge < -0.3 is 96.8 Å². The van der Waals surface area contributed by atoms with Crippen molar-refractivity contribution in [1.29, 1.82) is 0 Å². The number of nitrogens with zero attached hydrogens (tertiary/aromatic N) is 12. The molecule has 105 heavy (non-hydrogen) atoms. The predicted octanol–water partition coefficient (Wildman–Crippen LogP) is -7.32. The van der Waals surface area contributed by atoms with Gasteiger partial charge in [-0.3, -0.25) is 78.6 Å². The number of phosphoric acid groups is 4. The molecule has 5 fully saturated rings. The lowest BCUT2D eigenvalue weighted by atomic mass is 10.1. The van der Waals surface area contributed by atoms with Crippen LogP contribution in [0.5, 0.6) is 0 Å². The van der Waals surface area contributed by atoms with Gasteiger partial charge >= 0.3 is 56.6 Å². The van der Waals surface area contributed by atoms with Crippen LogP contribution in [0.25, 0.3) is 22.3 Å². The Kier molecular flexibility index (Phi) is 22.3. The van der Waals surface area contributed by atoms with Gasteiger partial charge in [0.2, 0.25) is 5.95 Å². The van der Waals surface area contributed by atoms with Crippen molar-refractivity contribution in [3.05, 3.63) is 108 Å². The normalized spacial score (nSPS) is 32.4. The van der Waals surface area contributed by atoms with Crippen molar-refractivity contribution in [2.75, 3.05) is 56.0 Å². The summed E-state index contributed by atoms with van der Waals surface area (Å²) in [5.41, 5.74) is 16.7. The second-order valence-corrected chi connectivity index (χ2v) is 29.5. The van der Waals surface area contributed by atoms with E-state index in [0.29, 0.717) is 13.7 Å². The Morgan fingerprint density at radius 3 is 1.30 bits per heavy atom. The second-order valence-electron chi connectivity index (χ2n) is 23.1. The number of aliphatic hydroxyl groups excluding tert-OH is 6. The van der Waals surface area contributed by atoms with Crippen molar-refractivity contribution in [3.63, 3.8) is 0 Å². The molecule has 0 radical (unpaired) electrons. The monoisotopic (exact) mass is 1590 g/mol. The van der Waals surface area contributed by atoms with Gasteiger partial charge in [0, 0.05) is 29.2 Å². The lowest BCUT2D eigenvalue weighted by Crippen LogP contribution is -2.39. The van der Waals surface area contributed by atoms with Crippen LogP contribution in [-0.2, 0) is 87.2 Å². The molecule has 25 atom stereocenters. The van der Waals surface area contributed by atoms with E-state index in [1.54, 1.807) is 0 Å². The van der Waals surface area contributed by atoms with E-state index in [1.165, 1.54) is 4.57 Å². The topological polar surface area (TPSA) is 773 Å². The average molecular weight is 1590 g/mol. The number of hydrogen-bond acceptors (Lipinski definition) is 41. The van der Waals surface area contributed by atoms with Crippen LogP contribution in [0.4, 0.5) is 23.4 Å². The number of aromatic amines is 2. The summed E-state index contributed by atoms with van der Waals surface area (Å²) in [6.45, 7) is -6.17. The van der Waals surface area contributed by atoms with Gasteiger partial charge in [-0.1, -0.05) is 0 Å². The molecular formula is C47H60N18O35P5+. The number of fused-ring (bicyclic) bond motifs is 2. The second kappa shape index (κ2) is 30.3. The molecule has 5 aliphatic heterocycles. The maximum Gasteiger partial charge on any atom is 0.694 e. The van der Waals surface area contributed by atoms with Crippen LogP contribution in [0, 0.1) is 0 Å². The first-order valence-electron chi connectivity index (χ1n) is 29.9. The number of H-pyrrole nitrogens is 2. The Hall–Kier alpha value is -7.44. The van der Waals surface area contributed by atoms with Crippen LogP contribution in [-0.4, -0.2) is 247 Å². The van der Waals surface area contributed by atoms with Gasteiger partial charge in [0.05, 0.1) is 39.1 Å². The lowest BCUT2D eigenvalue weighted by Gasteiger charge is -2.27. The van der Waals surface area contributed by atoms with Crippen LogP contribution < -0.4 is 51.1 Å². The van der Waals surface area contributed by atoms with Gasteiger partial charge in [-0.2, -0.15) is 15.0 Å². The van der Waals surface area contributed by atoms with Gasteiger partial charge in [-0.25, -0.2) is 52.6 Å². The number of aliphatic hydroxyl groups is 6. The third-order valence-corrected chi connectivity index (χ3v) is 20.6. The highest BCUT2D eigenvalue weighted by molar-refractivity contribution is 7.48. The highest BCUT2D eigenvalue weighted by atomic mass is 31.2. The van der Waals surface area contributed by atoms with E-state index in [0.717, 1.165) is 60.3 Å². The number of hydrogen-bond donors (Lipinski definition) is 17. The third-order valence-electron chi connectivity index (χ3n) is 16.3. The molecule has 0 bridgehead atoms. The molecule has 0 aliphatic carbocycles. The summed E-state index contributed by atoms with van der Waals surface area (Å²) >= 11 is 0. The fourth-order valence-corrected chi connectivity index (χ4v) is 15.7. The highest BCUT2D eigenvalue weighted by Crippen LogP contribution is 2.55. The Balaban J connectivity index is 0.761. The van der Waals surface area contributed by atoms with Crippen LogP contribution in [0.15, 0.2) is 79.7 Å². The molecule has 0 saturated carbocycles. The molecule has 0 aromatic carbocycles. The van der Waals surface area contributed by atoms with Gasteiger partial charge in [0.25, 0.3) is 11.1 Å². The summed E-state index contributed by atoms with van der Waals surface area (Å²) in [5.74, 6) is -1.17. The quantitative estimate of drug-likeness (QED) is 0.0203. The standard InChI is InChI=1S/C47H59N18O35P5/c48-20-1-4-61(45(74)56-20)40-27(69)31(16(93-40)7-87-101(77)78)97-103(81,82)89-10-18-33(29(71)42(95-18)63-6-3-22(66)58-47(63)76)99-104(83,84)90-9-17-32(28(70)41(94-17)62-5-2-21(49)57-46(62)75)98-105(85,86)91-11-19-34(30(72)43(96-19)65-14-55-24-37(65)59-44(51)60-38(24)73)100-102(79,80)88-8-15-25(67)26(68)39(92-15)64-13-54-23-35(50)52-12-53-36(23)64/h1-6,12-19,25-34,39-43,67-72H,7-11H2,(H14-,48,49,50,51,52,53,56,57,58,59,60,66,73,74,75,76,77,78,79,80,81,82,83,84,85,86)/p+1/t15-,16-,17-,18-,19-,25-,26-,27-,28-,29-,30-,31-,32-,33-,34-,39-,40-,41-,42-,43-/m1/s1. The van der Waals surface area contributed by atoms with Crippen LogP contribution in [0.1, 0.15) is 31.1 Å². The minimum atomic E-state index is -5.94. The largest absolute Gasteiger partial charge is 0.694 e. The van der Waals surface area contributed by atoms with Crippen molar-refractivity contribution in [2.24, 2.45) is 0 Å². The minimum Gasteiger partial charge on any atom is -0.387 e. The number of phosphoric ester groups is 4. The zero-order valence-electron chi connectivity index (χ0n) is 52.4. The summed E-state index contributed by atoms with van der Waals surface area (Å²) < 4.78 is 147. The van der Waals surface area contributed by atoms with Gasteiger partial charge in [0.1, 0.15) is 122 Å². The fourth-order valence-electron chi connectivity index (χ4n) is 11.5. The molecular weight excluding hydrogens is 1530 g/mol. The van der Waals surface area contributed by atoms with Crippen LogP contribution in [0.2, 0.25) is 0 Å². The predicted molar refractivity (Wildman–Crippen MR) is 333 cm³/mol. The van der Waals surface area contributed by atoms with E-state index in [4.69, 9.17) is 82.8 Å².